The first-order valence-electron chi connectivity index (χ1n) is 6.32. The van der Waals surface area contributed by atoms with E-state index in [2.05, 4.69) is 5.32 Å². The minimum Gasteiger partial charge on any atom is -0.493 e. The van der Waals surface area contributed by atoms with E-state index in [-0.39, 0.29) is 11.9 Å². The molecular weight excluding hydrogens is 242 g/mol. The van der Waals surface area contributed by atoms with E-state index in [4.69, 9.17) is 9.47 Å². The van der Waals surface area contributed by atoms with Crippen LogP contribution >= 0.6 is 0 Å². The molecule has 0 saturated heterocycles. The number of hydrogen-bond acceptors (Lipinski definition) is 3. The summed E-state index contributed by atoms with van der Waals surface area (Å²) in [6.07, 6.45) is 0. The molecule has 0 radical (unpaired) electrons. The van der Waals surface area contributed by atoms with Crippen LogP contribution in [0, 0.1) is 5.41 Å². The van der Waals surface area contributed by atoms with Gasteiger partial charge in [-0.1, -0.05) is 26.8 Å². The molecule has 0 aromatic heterocycles. The lowest BCUT2D eigenvalue weighted by Crippen LogP contribution is -2.36. The summed E-state index contributed by atoms with van der Waals surface area (Å²) < 4.78 is 10.5. The van der Waals surface area contributed by atoms with Gasteiger partial charge in [-0.2, -0.15) is 0 Å². The normalized spacial score (nSPS) is 12.7. The van der Waals surface area contributed by atoms with Crippen LogP contribution in [-0.2, 0) is 4.79 Å². The lowest BCUT2D eigenvalue weighted by molar-refractivity contribution is -0.129. The standard InChI is InChI=1S/C15H23NO3/c1-10(16-14(17)15(2,3)4)11-7-8-12(18-5)13(9-11)19-6/h7-10H,1-6H3,(H,16,17)/t10-/m1/s1. The number of benzene rings is 1. The minimum absolute atomic E-state index is 0.0229. The Morgan fingerprint density at radius 1 is 1.16 bits per heavy atom. The zero-order valence-electron chi connectivity index (χ0n) is 12.5. The Morgan fingerprint density at radius 3 is 2.21 bits per heavy atom. The summed E-state index contributed by atoms with van der Waals surface area (Å²) in [7, 11) is 3.20. The molecule has 0 heterocycles. The first-order chi connectivity index (χ1) is 8.79. The van der Waals surface area contributed by atoms with Crippen molar-refractivity contribution in [2.45, 2.75) is 33.7 Å². The Morgan fingerprint density at radius 2 is 1.74 bits per heavy atom. The van der Waals surface area contributed by atoms with Crippen molar-refractivity contribution < 1.29 is 14.3 Å². The first-order valence-corrected chi connectivity index (χ1v) is 6.32. The molecule has 0 aliphatic rings. The molecule has 19 heavy (non-hydrogen) atoms. The van der Waals surface area contributed by atoms with Gasteiger partial charge in [0.2, 0.25) is 5.91 Å². The van der Waals surface area contributed by atoms with E-state index in [1.165, 1.54) is 0 Å². The molecule has 0 saturated carbocycles. The summed E-state index contributed by atoms with van der Waals surface area (Å²) in [6, 6.07) is 5.57. The molecule has 0 bridgehead atoms. The number of hydrogen-bond donors (Lipinski definition) is 1. The van der Waals surface area contributed by atoms with E-state index in [0.717, 1.165) is 5.56 Å². The average Bonchev–Trinajstić information content (AvgIpc) is 2.36. The second kappa shape index (κ2) is 5.95. The predicted molar refractivity (Wildman–Crippen MR) is 75.6 cm³/mol. The summed E-state index contributed by atoms with van der Waals surface area (Å²) >= 11 is 0. The van der Waals surface area contributed by atoms with Gasteiger partial charge in [0.05, 0.1) is 20.3 Å². The average molecular weight is 265 g/mol. The SMILES string of the molecule is COc1ccc([C@@H](C)NC(=O)C(C)(C)C)cc1OC. The molecule has 0 unspecified atom stereocenters. The maximum atomic E-state index is 12.0. The van der Waals surface area contributed by atoms with E-state index in [1.807, 2.05) is 45.9 Å². The highest BCUT2D eigenvalue weighted by molar-refractivity contribution is 5.81. The maximum Gasteiger partial charge on any atom is 0.225 e. The Hall–Kier alpha value is -1.71. The van der Waals surface area contributed by atoms with Gasteiger partial charge in [-0.15, -0.1) is 0 Å². The number of rotatable bonds is 4. The fraction of sp³-hybridized carbons (Fsp3) is 0.533. The smallest absolute Gasteiger partial charge is 0.225 e. The first kappa shape index (κ1) is 15.3. The number of nitrogens with one attached hydrogen (secondary N) is 1. The number of methoxy groups -OCH3 is 2. The van der Waals surface area contributed by atoms with Crippen LogP contribution in [0.5, 0.6) is 11.5 Å². The zero-order chi connectivity index (χ0) is 14.6. The second-order valence-electron chi connectivity index (χ2n) is 5.56. The predicted octanol–water partition coefficient (Wildman–Crippen LogP) is 2.93. The van der Waals surface area contributed by atoms with Gasteiger partial charge in [0.15, 0.2) is 11.5 Å². The number of carbonyl (C=O) groups excluding carboxylic acids is 1. The van der Waals surface area contributed by atoms with Gasteiger partial charge in [0.25, 0.3) is 0 Å². The molecule has 0 fully saturated rings. The molecule has 1 aromatic rings. The van der Waals surface area contributed by atoms with E-state index in [1.54, 1.807) is 14.2 Å². The quantitative estimate of drug-likeness (QED) is 0.910. The Bertz CT molecular complexity index is 449. The Labute approximate surface area is 115 Å². The molecule has 1 amide bonds. The second-order valence-corrected chi connectivity index (χ2v) is 5.56. The fourth-order valence-electron chi connectivity index (χ4n) is 1.62. The van der Waals surface area contributed by atoms with Gasteiger partial charge in [-0.25, -0.2) is 0 Å². The molecule has 1 aromatic carbocycles. The van der Waals surface area contributed by atoms with Gasteiger partial charge >= 0.3 is 0 Å². The van der Waals surface area contributed by atoms with Gasteiger partial charge < -0.3 is 14.8 Å². The summed E-state index contributed by atoms with van der Waals surface area (Å²) in [4.78, 5) is 12.0. The largest absolute Gasteiger partial charge is 0.493 e. The molecule has 0 aliphatic heterocycles. The van der Waals surface area contributed by atoms with Gasteiger partial charge in [-0.05, 0) is 24.6 Å². The molecular formula is C15H23NO3. The van der Waals surface area contributed by atoms with Crippen LogP contribution in [0.1, 0.15) is 39.3 Å². The van der Waals surface area contributed by atoms with Crippen LogP contribution < -0.4 is 14.8 Å². The lowest BCUT2D eigenvalue weighted by Gasteiger charge is -2.22. The third-order valence-electron chi connectivity index (χ3n) is 2.94. The van der Waals surface area contributed by atoms with Crippen LogP contribution in [-0.4, -0.2) is 20.1 Å². The van der Waals surface area contributed by atoms with Crippen molar-refractivity contribution in [3.63, 3.8) is 0 Å². The maximum absolute atomic E-state index is 12.0. The van der Waals surface area contributed by atoms with Crippen molar-refractivity contribution in [1.29, 1.82) is 0 Å². The van der Waals surface area contributed by atoms with Crippen molar-refractivity contribution in [1.82, 2.24) is 5.32 Å². The molecule has 0 spiro atoms. The Balaban J connectivity index is 2.89. The van der Waals surface area contributed by atoms with Gasteiger partial charge in [0.1, 0.15) is 0 Å². The summed E-state index contributed by atoms with van der Waals surface area (Å²) in [6.45, 7) is 7.63. The van der Waals surface area contributed by atoms with Crippen molar-refractivity contribution in [3.8, 4) is 11.5 Å². The van der Waals surface area contributed by atoms with E-state index in [0.29, 0.717) is 11.5 Å². The summed E-state index contributed by atoms with van der Waals surface area (Å²) in [5.41, 5.74) is 0.584. The zero-order valence-corrected chi connectivity index (χ0v) is 12.5. The lowest BCUT2D eigenvalue weighted by atomic mass is 9.94. The highest BCUT2D eigenvalue weighted by Crippen LogP contribution is 2.30. The summed E-state index contributed by atoms with van der Waals surface area (Å²) in [5, 5.41) is 2.99. The molecule has 1 atom stereocenters. The minimum atomic E-state index is -0.398. The van der Waals surface area contributed by atoms with Crippen molar-refractivity contribution in [2.75, 3.05) is 14.2 Å². The Kier molecular flexibility index (Phi) is 4.81. The van der Waals surface area contributed by atoms with E-state index < -0.39 is 5.41 Å². The number of ether oxygens (including phenoxy) is 2. The van der Waals surface area contributed by atoms with Crippen molar-refractivity contribution in [3.05, 3.63) is 23.8 Å². The van der Waals surface area contributed by atoms with Crippen molar-refractivity contribution in [2.24, 2.45) is 5.41 Å². The topological polar surface area (TPSA) is 47.6 Å². The van der Waals surface area contributed by atoms with Crippen LogP contribution in [0.3, 0.4) is 0 Å². The van der Waals surface area contributed by atoms with Gasteiger partial charge in [0, 0.05) is 5.41 Å². The van der Waals surface area contributed by atoms with E-state index in [9.17, 15) is 4.79 Å². The van der Waals surface area contributed by atoms with E-state index >= 15 is 0 Å². The van der Waals surface area contributed by atoms with Crippen LogP contribution in [0.4, 0.5) is 0 Å². The highest BCUT2D eigenvalue weighted by Gasteiger charge is 2.23. The van der Waals surface area contributed by atoms with Crippen LogP contribution in [0.2, 0.25) is 0 Å². The van der Waals surface area contributed by atoms with Crippen molar-refractivity contribution >= 4 is 5.91 Å². The monoisotopic (exact) mass is 265 g/mol. The molecule has 4 heteroatoms. The summed E-state index contributed by atoms with van der Waals surface area (Å²) in [5.74, 6) is 1.37. The number of amides is 1. The third-order valence-corrected chi connectivity index (χ3v) is 2.94. The van der Waals surface area contributed by atoms with Crippen LogP contribution in [0.15, 0.2) is 18.2 Å². The molecule has 0 aliphatic carbocycles. The highest BCUT2D eigenvalue weighted by atomic mass is 16.5. The third kappa shape index (κ3) is 3.88. The molecule has 1 rings (SSSR count). The molecule has 106 valence electrons. The molecule has 4 nitrogen and oxygen atoms in total. The van der Waals surface area contributed by atoms with Crippen LogP contribution in [0.25, 0.3) is 0 Å². The molecule has 1 N–H and O–H groups in total. The van der Waals surface area contributed by atoms with Gasteiger partial charge in [-0.3, -0.25) is 4.79 Å². The number of carbonyl (C=O) groups is 1. The fourth-order valence-corrected chi connectivity index (χ4v) is 1.62.